The molecule has 0 radical (unpaired) electrons. The lowest BCUT2D eigenvalue weighted by Crippen LogP contribution is -1.99. The van der Waals surface area contributed by atoms with Gasteiger partial charge in [0, 0.05) is 24.5 Å². The van der Waals surface area contributed by atoms with E-state index in [4.69, 9.17) is 10.8 Å². The molecule has 16 heavy (non-hydrogen) atoms. The Balaban J connectivity index is 0. The van der Waals surface area contributed by atoms with Crippen LogP contribution in [-0.2, 0) is 4.79 Å². The van der Waals surface area contributed by atoms with Crippen molar-refractivity contribution < 1.29 is 9.90 Å². The Morgan fingerprint density at radius 2 is 2.12 bits per heavy atom. The molecule has 1 rings (SSSR count). The van der Waals surface area contributed by atoms with Crippen LogP contribution in [-0.4, -0.2) is 17.3 Å². The molecule has 0 spiro atoms. The van der Waals surface area contributed by atoms with Crippen LogP contribution in [0.3, 0.4) is 0 Å². The zero-order chi connectivity index (χ0) is 13.0. The highest BCUT2D eigenvalue weighted by Crippen LogP contribution is 2.00. The Bertz CT molecular complexity index is 233. The number of hydrogen-bond donors (Lipinski definition) is 2. The molecule has 1 aliphatic rings. The standard InChI is InChI=1S/C5H8N2.C5H10O2.C2H6/c6-5-2-1-3-7-4-5;1-4(2)3-5(6)7;1-2/h3-4H,1-2,6H2;4H,3H2,1-2H3,(H,6,7);1-2H3. The molecule has 0 amide bonds. The Hall–Kier alpha value is -1.32. The summed E-state index contributed by atoms with van der Waals surface area (Å²) in [6, 6.07) is 0. The number of allylic oxidation sites excluding steroid dienone is 1. The van der Waals surface area contributed by atoms with Gasteiger partial charge >= 0.3 is 5.97 Å². The summed E-state index contributed by atoms with van der Waals surface area (Å²) in [6.07, 6.45) is 5.83. The van der Waals surface area contributed by atoms with Crippen molar-refractivity contribution in [2.75, 3.05) is 0 Å². The second-order valence-electron chi connectivity index (χ2n) is 3.57. The molecule has 0 aromatic carbocycles. The monoisotopic (exact) mass is 228 g/mol. The van der Waals surface area contributed by atoms with E-state index < -0.39 is 5.97 Å². The lowest BCUT2D eigenvalue weighted by Gasteiger charge is -1.98. The molecule has 0 aromatic rings. The van der Waals surface area contributed by atoms with Crippen LogP contribution in [0.4, 0.5) is 0 Å². The van der Waals surface area contributed by atoms with E-state index in [2.05, 4.69) is 4.99 Å². The fourth-order valence-corrected chi connectivity index (χ4v) is 0.868. The van der Waals surface area contributed by atoms with Gasteiger partial charge in [0.2, 0.25) is 0 Å². The summed E-state index contributed by atoms with van der Waals surface area (Å²) < 4.78 is 0. The fourth-order valence-electron chi connectivity index (χ4n) is 0.868. The third-order valence-electron chi connectivity index (χ3n) is 1.49. The Kier molecular flexibility index (Phi) is 12.6. The van der Waals surface area contributed by atoms with Gasteiger partial charge < -0.3 is 10.8 Å². The Morgan fingerprint density at radius 1 is 1.56 bits per heavy atom. The van der Waals surface area contributed by atoms with Crippen LogP contribution < -0.4 is 5.73 Å². The molecule has 0 unspecified atom stereocenters. The van der Waals surface area contributed by atoms with E-state index in [1.807, 2.05) is 33.9 Å². The van der Waals surface area contributed by atoms with Crippen molar-refractivity contribution in [3.05, 3.63) is 11.9 Å². The van der Waals surface area contributed by atoms with Gasteiger partial charge in [-0.1, -0.05) is 27.7 Å². The van der Waals surface area contributed by atoms with Gasteiger partial charge in [-0.25, -0.2) is 0 Å². The lowest BCUT2D eigenvalue weighted by atomic mass is 10.1. The van der Waals surface area contributed by atoms with E-state index in [0.717, 1.165) is 18.5 Å². The summed E-state index contributed by atoms with van der Waals surface area (Å²) in [5.74, 6) is -0.438. The predicted molar refractivity (Wildman–Crippen MR) is 68.4 cm³/mol. The maximum Gasteiger partial charge on any atom is 0.303 e. The maximum atomic E-state index is 9.81. The summed E-state index contributed by atoms with van der Waals surface area (Å²) in [7, 11) is 0. The van der Waals surface area contributed by atoms with Crippen LogP contribution in [0.1, 0.15) is 47.0 Å². The molecule has 4 nitrogen and oxygen atoms in total. The van der Waals surface area contributed by atoms with E-state index in [-0.39, 0.29) is 12.3 Å². The van der Waals surface area contributed by atoms with Crippen LogP contribution >= 0.6 is 0 Å². The fraction of sp³-hybridized carbons (Fsp3) is 0.667. The van der Waals surface area contributed by atoms with Crippen molar-refractivity contribution in [1.82, 2.24) is 0 Å². The van der Waals surface area contributed by atoms with Gasteiger partial charge in [-0.3, -0.25) is 9.79 Å². The molecular formula is C12H24N2O2. The molecule has 0 saturated carbocycles. The topological polar surface area (TPSA) is 75.7 Å². The molecule has 0 saturated heterocycles. The Morgan fingerprint density at radius 3 is 2.25 bits per heavy atom. The number of rotatable bonds is 2. The molecule has 0 aliphatic carbocycles. The van der Waals surface area contributed by atoms with Crippen molar-refractivity contribution in [1.29, 1.82) is 0 Å². The second-order valence-corrected chi connectivity index (χ2v) is 3.57. The molecule has 1 aliphatic heterocycles. The number of carbonyl (C=O) groups is 1. The number of nitrogens with zero attached hydrogens (tertiary/aromatic N) is 1. The number of carboxylic acid groups (broad SMARTS) is 1. The first-order valence-corrected chi connectivity index (χ1v) is 5.70. The first kappa shape index (κ1) is 17.1. The van der Waals surface area contributed by atoms with Crippen molar-refractivity contribution in [2.24, 2.45) is 16.6 Å². The highest BCUT2D eigenvalue weighted by molar-refractivity contribution is 5.66. The molecule has 0 atom stereocenters. The SMILES string of the molecule is CC.CC(C)CC(=O)O.NC1=CN=CCC1. The number of aliphatic imine (C=N–C) groups is 1. The van der Waals surface area contributed by atoms with Crippen LogP contribution in [0, 0.1) is 5.92 Å². The van der Waals surface area contributed by atoms with Crippen molar-refractivity contribution in [2.45, 2.75) is 47.0 Å². The first-order valence-electron chi connectivity index (χ1n) is 5.70. The average molecular weight is 228 g/mol. The van der Waals surface area contributed by atoms with Gasteiger partial charge in [0.1, 0.15) is 0 Å². The van der Waals surface area contributed by atoms with Gasteiger partial charge in [0.15, 0.2) is 0 Å². The highest BCUT2D eigenvalue weighted by Gasteiger charge is 1.98. The summed E-state index contributed by atoms with van der Waals surface area (Å²) in [5.41, 5.74) is 6.27. The molecule has 0 aromatic heterocycles. The maximum absolute atomic E-state index is 9.81. The van der Waals surface area contributed by atoms with Gasteiger partial charge in [0.25, 0.3) is 0 Å². The average Bonchev–Trinajstić information content (AvgIpc) is 2.20. The van der Waals surface area contributed by atoms with E-state index in [0.29, 0.717) is 0 Å². The highest BCUT2D eigenvalue weighted by atomic mass is 16.4. The normalized spacial score (nSPS) is 12.9. The number of aliphatic carboxylic acids is 1. The van der Waals surface area contributed by atoms with Gasteiger partial charge in [-0.05, 0) is 18.8 Å². The minimum atomic E-state index is -0.713. The van der Waals surface area contributed by atoms with E-state index >= 15 is 0 Å². The van der Waals surface area contributed by atoms with Crippen molar-refractivity contribution >= 4 is 12.2 Å². The van der Waals surface area contributed by atoms with Crippen LogP contribution in [0.25, 0.3) is 0 Å². The lowest BCUT2D eigenvalue weighted by molar-refractivity contribution is -0.137. The zero-order valence-electron chi connectivity index (χ0n) is 10.7. The quantitative estimate of drug-likeness (QED) is 0.763. The van der Waals surface area contributed by atoms with E-state index in [1.54, 1.807) is 6.20 Å². The minimum Gasteiger partial charge on any atom is -0.481 e. The third kappa shape index (κ3) is 15.2. The van der Waals surface area contributed by atoms with E-state index in [9.17, 15) is 4.79 Å². The molecule has 3 N–H and O–H groups in total. The third-order valence-corrected chi connectivity index (χ3v) is 1.49. The summed E-state index contributed by atoms with van der Waals surface area (Å²) >= 11 is 0. The van der Waals surface area contributed by atoms with Crippen molar-refractivity contribution in [3.63, 3.8) is 0 Å². The molecule has 94 valence electrons. The van der Waals surface area contributed by atoms with Crippen LogP contribution in [0.15, 0.2) is 16.9 Å². The summed E-state index contributed by atoms with van der Waals surface area (Å²) in [6.45, 7) is 7.77. The van der Waals surface area contributed by atoms with Gasteiger partial charge in [-0.2, -0.15) is 0 Å². The summed E-state index contributed by atoms with van der Waals surface area (Å²) in [4.78, 5) is 13.7. The molecule has 0 fully saturated rings. The predicted octanol–water partition coefficient (Wildman–Crippen LogP) is 2.79. The number of carboxylic acids is 1. The molecule has 4 heteroatoms. The summed E-state index contributed by atoms with van der Waals surface area (Å²) in [5, 5.41) is 8.08. The van der Waals surface area contributed by atoms with Crippen molar-refractivity contribution in [3.8, 4) is 0 Å². The first-order chi connectivity index (χ1) is 7.52. The number of nitrogens with two attached hydrogens (primary N) is 1. The van der Waals surface area contributed by atoms with Gasteiger partial charge in [0.05, 0.1) is 0 Å². The second kappa shape index (κ2) is 11.8. The zero-order valence-corrected chi connectivity index (χ0v) is 10.7. The van der Waals surface area contributed by atoms with Crippen LogP contribution in [0.5, 0.6) is 0 Å². The minimum absolute atomic E-state index is 0.275. The molecule has 1 heterocycles. The smallest absolute Gasteiger partial charge is 0.303 e. The van der Waals surface area contributed by atoms with Gasteiger partial charge in [-0.15, -0.1) is 0 Å². The number of hydrogen-bond acceptors (Lipinski definition) is 3. The molecular weight excluding hydrogens is 204 g/mol. The largest absolute Gasteiger partial charge is 0.481 e. The Labute approximate surface area is 98.3 Å². The van der Waals surface area contributed by atoms with E-state index in [1.165, 1.54) is 0 Å². The van der Waals surface area contributed by atoms with Crippen LogP contribution in [0.2, 0.25) is 0 Å². The molecule has 0 bridgehead atoms.